The van der Waals surface area contributed by atoms with E-state index < -0.39 is 17.9 Å². The van der Waals surface area contributed by atoms with Gasteiger partial charge in [-0.1, -0.05) is 121 Å². The molecular weight excluding hydrogens is 1260 g/mol. The van der Waals surface area contributed by atoms with Crippen LogP contribution < -0.4 is 38.3 Å². The molecule has 5 N–H and O–H groups in total. The number of halogens is 1. The van der Waals surface area contributed by atoms with Crippen LogP contribution in [-0.2, 0) is 32.4 Å². The number of nitrogens with zero attached hydrogens (tertiary/aromatic N) is 2. The Balaban J connectivity index is 0.000000307. The van der Waals surface area contributed by atoms with Gasteiger partial charge < -0.3 is 32.2 Å². The minimum atomic E-state index is -0.552. The van der Waals surface area contributed by atoms with Gasteiger partial charge in [-0.25, -0.2) is 19.5 Å². The van der Waals surface area contributed by atoms with Crippen molar-refractivity contribution in [3.05, 3.63) is 226 Å². The van der Waals surface area contributed by atoms with Gasteiger partial charge in [0.25, 0.3) is 5.56 Å². The number of carbonyl (C=O) groups excluding carboxylic acids is 3. The SMILES string of the molecule is C.C.C.C.C.CCc1ccc2c(c1)-c1n[nH]c(=O)c3cccc(c13)O2.CCc1ccc2oc3cccc(C(=O)OC)c3c(=O)c2c1.COC(=O)c1cccc2oc3ccc(C)cc3c(=O)c12.COC(=O)c1cccc2oc3ccc(CBr)cc3c(=O)c12.NN.[B]=NS. The predicted octanol–water partition coefficient (Wildman–Crippen LogP) is 15.4. The zero-order valence-electron chi connectivity index (χ0n) is 47.6. The third-order valence-corrected chi connectivity index (χ3v) is 14.5. The Labute approximate surface area is 546 Å². The number of ether oxygens (including phenoxy) is 4. The van der Waals surface area contributed by atoms with Gasteiger partial charge in [0.15, 0.2) is 0 Å². The first-order chi connectivity index (χ1) is 42.1. The number of hydrazine groups is 1. The molecule has 0 amide bonds. The molecule has 479 valence electrons. The summed E-state index contributed by atoms with van der Waals surface area (Å²) in [6.45, 7) is 6.02. The molecule has 4 aromatic heterocycles. The number of H-pyrrole nitrogens is 1. The normalized spacial score (nSPS) is 10.2. The molecule has 0 bridgehead atoms. The van der Waals surface area contributed by atoms with Gasteiger partial charge in [0.2, 0.25) is 16.3 Å². The number of benzene rings is 8. The van der Waals surface area contributed by atoms with Crippen molar-refractivity contribution in [3.63, 3.8) is 0 Å². The first-order valence-corrected chi connectivity index (χ1v) is 28.1. The average molecular weight is 1330 g/mol. The third kappa shape index (κ3) is 15.6. The van der Waals surface area contributed by atoms with Crippen molar-refractivity contribution >= 4 is 131 Å². The van der Waals surface area contributed by atoms with E-state index in [0.29, 0.717) is 66.1 Å². The zero-order valence-corrected chi connectivity index (χ0v) is 50.1. The number of aryl methyl sites for hydroxylation is 3. The zero-order chi connectivity index (χ0) is 62.6. The fraction of sp³-hybridized carbons (Fsp3) is 0.200. The van der Waals surface area contributed by atoms with E-state index >= 15 is 0 Å². The summed E-state index contributed by atoms with van der Waals surface area (Å²) in [5.74, 6) is 7.83. The number of fused-ring (bicyclic) bond motifs is 8. The number of aromatic amines is 1. The van der Waals surface area contributed by atoms with Crippen LogP contribution in [0.5, 0.6) is 11.5 Å². The molecule has 1 aliphatic heterocycles. The molecule has 0 saturated carbocycles. The Morgan fingerprint density at radius 2 is 0.913 bits per heavy atom. The number of esters is 3. The number of alkyl halides is 1. The summed E-state index contributed by atoms with van der Waals surface area (Å²) in [6, 6.07) is 42.6. The molecule has 5 heterocycles. The van der Waals surface area contributed by atoms with E-state index in [-0.39, 0.29) is 91.8 Å². The van der Waals surface area contributed by atoms with Crippen LogP contribution in [0.25, 0.3) is 87.8 Å². The Morgan fingerprint density at radius 3 is 1.35 bits per heavy atom. The number of methoxy groups -OCH3 is 3. The molecule has 0 atom stereocenters. The van der Waals surface area contributed by atoms with Gasteiger partial charge in [0.1, 0.15) is 50.7 Å². The summed E-state index contributed by atoms with van der Waals surface area (Å²) in [5.41, 5.74) is 8.41. The molecule has 0 unspecified atom stereocenters. The first kappa shape index (κ1) is 76.4. The maximum absolute atomic E-state index is 12.7. The molecule has 1 radical (unpaired) electrons. The molecule has 92 heavy (non-hydrogen) atoms. The Hall–Kier alpha value is -9.87. The van der Waals surface area contributed by atoms with Gasteiger partial charge in [0, 0.05) is 10.9 Å². The number of aromatic nitrogens is 2. The van der Waals surface area contributed by atoms with Crippen LogP contribution in [0.1, 0.15) is 104 Å². The summed E-state index contributed by atoms with van der Waals surface area (Å²) in [7, 11) is 8.20. The van der Waals surface area contributed by atoms with Crippen molar-refractivity contribution < 1.29 is 46.6 Å². The molecule has 22 heteroatoms. The second-order valence-electron chi connectivity index (χ2n) is 18.9. The third-order valence-electron chi connectivity index (χ3n) is 13.9. The number of thiol groups is 1. The number of carbonyl (C=O) groups is 3. The van der Waals surface area contributed by atoms with E-state index in [1.807, 2.05) is 56.3 Å². The molecule has 0 spiro atoms. The number of rotatable bonds is 6. The molecule has 12 aromatic rings. The van der Waals surface area contributed by atoms with Crippen LogP contribution >= 0.6 is 28.7 Å². The van der Waals surface area contributed by atoms with Crippen LogP contribution in [0.15, 0.2) is 182 Å². The summed E-state index contributed by atoms with van der Waals surface area (Å²) in [5, 5.41) is 11.0. The van der Waals surface area contributed by atoms with E-state index in [2.05, 4.69) is 81.6 Å². The van der Waals surface area contributed by atoms with Crippen LogP contribution in [0.3, 0.4) is 0 Å². The number of nitrogens with two attached hydrogens (primary N) is 2. The van der Waals surface area contributed by atoms with E-state index in [4.69, 9.17) is 32.2 Å². The summed E-state index contributed by atoms with van der Waals surface area (Å²) in [4.78, 5) is 85.4. The van der Waals surface area contributed by atoms with E-state index in [9.17, 15) is 33.6 Å². The molecule has 13 rings (SSSR count). The molecule has 1 aliphatic rings. The van der Waals surface area contributed by atoms with Crippen LogP contribution in [0, 0.1) is 6.92 Å². The number of hydrogen-bond acceptors (Lipinski definition) is 19. The maximum atomic E-state index is 12.7. The molecular formula is C70H74BBrN5O14S. The number of nitrogens with one attached hydrogen (secondary N) is 1. The molecule has 0 aliphatic carbocycles. The minimum absolute atomic E-state index is 0. The molecule has 19 nitrogen and oxygen atoms in total. The van der Waals surface area contributed by atoms with Crippen molar-refractivity contribution in [2.75, 3.05) is 21.3 Å². The van der Waals surface area contributed by atoms with Gasteiger partial charge in [-0.15, -0.1) is 0 Å². The first-order valence-electron chi connectivity index (χ1n) is 26.6. The monoisotopic (exact) mass is 1330 g/mol. The van der Waals surface area contributed by atoms with Crippen LogP contribution in [0.4, 0.5) is 0 Å². The van der Waals surface area contributed by atoms with E-state index in [1.165, 1.54) is 26.9 Å². The Morgan fingerprint density at radius 1 is 0.522 bits per heavy atom. The summed E-state index contributed by atoms with van der Waals surface area (Å²) < 4.78 is 40.0. The van der Waals surface area contributed by atoms with Gasteiger partial charge in [-0.2, -0.15) is 5.10 Å². The predicted molar refractivity (Wildman–Crippen MR) is 377 cm³/mol. The van der Waals surface area contributed by atoms with E-state index in [0.717, 1.165) is 51.9 Å². The average Bonchev–Trinajstić information content (AvgIpc) is 0.829. The topological polar surface area (TPSA) is 289 Å². The van der Waals surface area contributed by atoms with Crippen molar-refractivity contribution in [1.29, 1.82) is 0 Å². The molecule has 0 saturated heterocycles. The van der Waals surface area contributed by atoms with Crippen LogP contribution in [0.2, 0.25) is 0 Å². The summed E-state index contributed by atoms with van der Waals surface area (Å²) in [6.07, 6.45) is 1.77. The van der Waals surface area contributed by atoms with Gasteiger partial charge in [-0.05, 0) is 134 Å². The summed E-state index contributed by atoms with van der Waals surface area (Å²) >= 11 is 6.55. The fourth-order valence-corrected chi connectivity index (χ4v) is 10.1. The second-order valence-corrected chi connectivity index (χ2v) is 19.7. The quantitative estimate of drug-likeness (QED) is 0.0176. The van der Waals surface area contributed by atoms with Crippen molar-refractivity contribution in [2.24, 2.45) is 16.0 Å². The van der Waals surface area contributed by atoms with Crippen molar-refractivity contribution in [2.45, 2.75) is 76.1 Å². The Bertz CT molecular complexity index is 4760. The van der Waals surface area contributed by atoms with Gasteiger partial charge in [-0.3, -0.25) is 30.9 Å². The van der Waals surface area contributed by atoms with Gasteiger partial charge in [0.05, 0.1) is 81.1 Å². The van der Waals surface area contributed by atoms with Gasteiger partial charge >= 0.3 is 42.7 Å². The van der Waals surface area contributed by atoms with E-state index in [1.54, 1.807) is 91.0 Å². The number of hydrogen-bond donors (Lipinski definition) is 4. The molecule has 0 fully saturated rings. The fourth-order valence-electron chi connectivity index (χ4n) is 9.71. The standard InChI is InChI=1S/C17H14O4.C16H11BrO4.C16H12N2O2.C16H12O4.5CH4.BHNS.H4N2/c1-3-10-7-8-13-12(9-10)16(18)15-11(17(19)20-2)5-4-6-14(15)21-13;1-20-16(19)10-3-2-4-13-14(10)15(18)11-7-9(8-17)5-6-12(11)21-13;1-2-9-6-7-12-11(8-9)15-14-10(16(19)18-17-15)4-3-5-13(14)20-12;1-9-6-7-12-11(8-9)15(17)14-10(16(18)19-2)4-3-5-13(14)20-12;;;;;;1-2-3;1-2/h4-9H,3H2,1-2H3;2-7H,8H2,1H3;3-8H,2H2,1H3,(H,18,19);3-8H,1-2H3;5*1H4;3H;1-2H2. The molecule has 8 aromatic carbocycles. The van der Waals surface area contributed by atoms with Crippen LogP contribution in [-0.4, -0.2) is 57.1 Å². The van der Waals surface area contributed by atoms with Crippen molar-refractivity contribution in [3.8, 4) is 22.8 Å². The van der Waals surface area contributed by atoms with Crippen molar-refractivity contribution in [1.82, 2.24) is 10.2 Å². The Kier molecular flexibility index (Phi) is 28.5. The second kappa shape index (κ2) is 34.4.